The van der Waals surface area contributed by atoms with E-state index in [1.807, 2.05) is 0 Å². The van der Waals surface area contributed by atoms with Crippen LogP contribution in [0, 0.1) is 11.2 Å². The molecule has 0 radical (unpaired) electrons. The summed E-state index contributed by atoms with van der Waals surface area (Å²) in [5, 5.41) is -0.220. The average molecular weight is 356 g/mol. The number of piperidine rings is 1. The number of hydrogen-bond donors (Lipinski definition) is 0. The van der Waals surface area contributed by atoms with Crippen LogP contribution in [-0.4, -0.2) is 55.4 Å². The minimum absolute atomic E-state index is 0.0419. The van der Waals surface area contributed by atoms with Gasteiger partial charge in [0.2, 0.25) is 15.9 Å². The SMILES string of the molecule is O=S(=O)(C1CC1)N1CC[C@H]2OCC[C@@]2(COc2ncccc2F)C1. The van der Waals surface area contributed by atoms with Gasteiger partial charge in [-0.2, -0.15) is 0 Å². The molecule has 132 valence electrons. The van der Waals surface area contributed by atoms with Gasteiger partial charge < -0.3 is 9.47 Å². The highest BCUT2D eigenvalue weighted by Gasteiger charge is 2.52. The van der Waals surface area contributed by atoms with E-state index in [-0.39, 0.29) is 23.8 Å². The first-order chi connectivity index (χ1) is 11.5. The van der Waals surface area contributed by atoms with Gasteiger partial charge in [-0.25, -0.2) is 22.1 Å². The minimum atomic E-state index is -3.22. The van der Waals surface area contributed by atoms with Crippen molar-refractivity contribution in [1.29, 1.82) is 0 Å². The number of ether oxygens (including phenoxy) is 2. The van der Waals surface area contributed by atoms with Crippen molar-refractivity contribution >= 4 is 10.0 Å². The average Bonchev–Trinajstić information content (AvgIpc) is 3.35. The molecule has 6 nitrogen and oxygen atoms in total. The summed E-state index contributed by atoms with van der Waals surface area (Å²) in [4.78, 5) is 3.91. The van der Waals surface area contributed by atoms with Crippen LogP contribution in [0.15, 0.2) is 18.3 Å². The Hall–Kier alpha value is -1.25. The first-order valence-electron chi connectivity index (χ1n) is 8.35. The van der Waals surface area contributed by atoms with Crippen LogP contribution in [0.5, 0.6) is 5.88 Å². The molecule has 3 aliphatic rings. The molecular formula is C16H21FN2O4S. The summed E-state index contributed by atoms with van der Waals surface area (Å²) >= 11 is 0. The zero-order valence-electron chi connectivity index (χ0n) is 13.4. The number of halogens is 1. The van der Waals surface area contributed by atoms with E-state index in [4.69, 9.17) is 9.47 Å². The topological polar surface area (TPSA) is 68.7 Å². The fraction of sp³-hybridized carbons (Fsp3) is 0.688. The Bertz CT molecular complexity index is 725. The molecule has 1 aromatic heterocycles. The first kappa shape index (κ1) is 16.2. The second kappa shape index (κ2) is 5.93. The third-order valence-electron chi connectivity index (χ3n) is 5.26. The minimum Gasteiger partial charge on any atom is -0.475 e. The summed E-state index contributed by atoms with van der Waals surface area (Å²) < 4.78 is 51.9. The second-order valence-corrected chi connectivity index (χ2v) is 9.13. The van der Waals surface area contributed by atoms with Crippen molar-refractivity contribution in [2.45, 2.75) is 37.0 Å². The zero-order valence-corrected chi connectivity index (χ0v) is 14.2. The van der Waals surface area contributed by atoms with Gasteiger partial charge in [0.1, 0.15) is 0 Å². The van der Waals surface area contributed by atoms with Gasteiger partial charge in [0.05, 0.1) is 18.0 Å². The molecule has 2 atom stereocenters. The van der Waals surface area contributed by atoms with Crippen LogP contribution in [0.1, 0.15) is 25.7 Å². The third-order valence-corrected chi connectivity index (χ3v) is 7.61. The predicted octanol–water partition coefficient (Wildman–Crippen LogP) is 1.57. The zero-order chi connectivity index (χ0) is 16.8. The molecule has 0 aromatic carbocycles. The Labute approximate surface area is 141 Å². The van der Waals surface area contributed by atoms with Crippen molar-refractivity contribution in [3.05, 3.63) is 24.1 Å². The molecule has 1 aliphatic carbocycles. The lowest BCUT2D eigenvalue weighted by Gasteiger charge is -2.42. The van der Waals surface area contributed by atoms with Crippen molar-refractivity contribution in [1.82, 2.24) is 9.29 Å². The molecule has 3 fully saturated rings. The molecule has 3 heterocycles. The molecule has 0 N–H and O–H groups in total. The Kier molecular flexibility index (Phi) is 4.01. The van der Waals surface area contributed by atoms with Gasteiger partial charge in [0.15, 0.2) is 5.82 Å². The van der Waals surface area contributed by atoms with Gasteiger partial charge in [-0.05, 0) is 37.8 Å². The van der Waals surface area contributed by atoms with Crippen LogP contribution in [-0.2, 0) is 14.8 Å². The molecule has 1 aromatic rings. The molecule has 24 heavy (non-hydrogen) atoms. The summed E-state index contributed by atoms with van der Waals surface area (Å²) in [6.07, 6.45) is 4.30. The molecule has 0 unspecified atom stereocenters. The number of rotatable bonds is 5. The molecular weight excluding hydrogens is 335 g/mol. The van der Waals surface area contributed by atoms with Crippen molar-refractivity contribution in [2.24, 2.45) is 5.41 Å². The summed E-state index contributed by atoms with van der Waals surface area (Å²) in [7, 11) is -3.22. The monoisotopic (exact) mass is 356 g/mol. The summed E-state index contributed by atoms with van der Waals surface area (Å²) in [5.74, 6) is -0.553. The van der Waals surface area contributed by atoms with Gasteiger partial charge in [-0.3, -0.25) is 0 Å². The van der Waals surface area contributed by atoms with E-state index < -0.39 is 21.3 Å². The molecule has 8 heteroatoms. The van der Waals surface area contributed by atoms with Gasteiger partial charge >= 0.3 is 0 Å². The quantitative estimate of drug-likeness (QED) is 0.801. The number of fused-ring (bicyclic) bond motifs is 1. The fourth-order valence-corrected chi connectivity index (χ4v) is 5.65. The van der Waals surface area contributed by atoms with Crippen LogP contribution < -0.4 is 4.74 Å². The molecule has 2 aliphatic heterocycles. The molecule has 0 bridgehead atoms. The Morgan fingerprint density at radius 3 is 3.00 bits per heavy atom. The number of nitrogens with zero attached hydrogens (tertiary/aromatic N) is 2. The summed E-state index contributed by atoms with van der Waals surface area (Å²) in [6, 6.07) is 2.81. The smallest absolute Gasteiger partial charge is 0.250 e. The van der Waals surface area contributed by atoms with Crippen LogP contribution in [0.2, 0.25) is 0 Å². The van der Waals surface area contributed by atoms with Crippen molar-refractivity contribution in [3.8, 4) is 5.88 Å². The number of aromatic nitrogens is 1. The highest BCUT2D eigenvalue weighted by molar-refractivity contribution is 7.90. The van der Waals surface area contributed by atoms with Crippen LogP contribution in [0.4, 0.5) is 4.39 Å². The number of hydrogen-bond acceptors (Lipinski definition) is 5. The Balaban J connectivity index is 1.53. The van der Waals surface area contributed by atoms with Gasteiger partial charge in [0.25, 0.3) is 0 Å². The number of sulfonamides is 1. The molecule has 4 rings (SSSR count). The van der Waals surface area contributed by atoms with Crippen molar-refractivity contribution < 1.29 is 22.3 Å². The van der Waals surface area contributed by atoms with E-state index in [2.05, 4.69) is 4.98 Å². The van der Waals surface area contributed by atoms with E-state index in [1.54, 1.807) is 4.31 Å². The maximum absolute atomic E-state index is 13.7. The normalized spacial score (nSPS) is 31.0. The van der Waals surface area contributed by atoms with E-state index in [0.717, 1.165) is 12.8 Å². The van der Waals surface area contributed by atoms with E-state index in [9.17, 15) is 12.8 Å². The maximum Gasteiger partial charge on any atom is 0.250 e. The summed E-state index contributed by atoms with van der Waals surface area (Å²) in [5.41, 5.74) is -0.426. The Morgan fingerprint density at radius 1 is 1.42 bits per heavy atom. The standard InChI is InChI=1S/C16H21FN2O4S/c17-13-2-1-7-18-15(13)23-11-16-6-9-22-14(16)5-8-19(10-16)24(20,21)12-3-4-12/h1-2,7,12,14H,3-6,8-11H2/t14-,16+/m1/s1. The van der Waals surface area contributed by atoms with Gasteiger partial charge in [-0.15, -0.1) is 0 Å². The second-order valence-electron chi connectivity index (χ2n) is 6.92. The third kappa shape index (κ3) is 2.80. The highest BCUT2D eigenvalue weighted by Crippen LogP contribution is 2.43. The van der Waals surface area contributed by atoms with Gasteiger partial charge in [-0.1, -0.05) is 0 Å². The van der Waals surface area contributed by atoms with Crippen LogP contribution in [0.3, 0.4) is 0 Å². The maximum atomic E-state index is 13.7. The largest absolute Gasteiger partial charge is 0.475 e. The van der Waals surface area contributed by atoms with E-state index >= 15 is 0 Å². The lowest BCUT2D eigenvalue weighted by atomic mass is 9.78. The molecule has 2 saturated heterocycles. The lowest BCUT2D eigenvalue weighted by Crippen LogP contribution is -2.54. The lowest BCUT2D eigenvalue weighted by molar-refractivity contribution is -0.0206. The van der Waals surface area contributed by atoms with Crippen LogP contribution >= 0.6 is 0 Å². The Morgan fingerprint density at radius 2 is 2.25 bits per heavy atom. The van der Waals surface area contributed by atoms with Crippen LogP contribution in [0.25, 0.3) is 0 Å². The van der Waals surface area contributed by atoms with Crippen molar-refractivity contribution in [2.75, 3.05) is 26.3 Å². The van der Waals surface area contributed by atoms with E-state index in [1.165, 1.54) is 18.3 Å². The fourth-order valence-electron chi connectivity index (χ4n) is 3.70. The molecule has 1 saturated carbocycles. The molecule has 0 amide bonds. The molecule has 0 spiro atoms. The van der Waals surface area contributed by atoms with Crippen molar-refractivity contribution in [3.63, 3.8) is 0 Å². The predicted molar refractivity (Wildman–Crippen MR) is 84.6 cm³/mol. The summed E-state index contributed by atoms with van der Waals surface area (Å²) in [6.45, 7) is 1.66. The van der Waals surface area contributed by atoms with E-state index in [0.29, 0.717) is 32.5 Å². The number of pyridine rings is 1. The first-order valence-corrected chi connectivity index (χ1v) is 9.85. The van der Waals surface area contributed by atoms with Gasteiger partial charge in [0, 0.05) is 31.3 Å². The highest BCUT2D eigenvalue weighted by atomic mass is 32.2.